The minimum Gasteiger partial charge on any atom is -0.487 e. The number of ether oxygens (including phenoxy) is 1. The molecule has 0 atom stereocenters. The number of anilines is 1. The number of hydrogen-bond acceptors (Lipinski definition) is 3. The van der Waals surface area contributed by atoms with Crippen LogP contribution in [0.4, 0.5) is 18.9 Å². The summed E-state index contributed by atoms with van der Waals surface area (Å²) in [6, 6.07) is 0. The van der Waals surface area contributed by atoms with Crippen LogP contribution < -0.4 is 10.1 Å². The number of hydrogen-bond donors (Lipinski definition) is 1. The molecule has 1 aromatic heterocycles. The zero-order valence-corrected chi connectivity index (χ0v) is 8.64. The van der Waals surface area contributed by atoms with Gasteiger partial charge in [0.2, 0.25) is 0 Å². The Morgan fingerprint density at radius 1 is 1.38 bits per heavy atom. The van der Waals surface area contributed by atoms with E-state index in [0.29, 0.717) is 0 Å². The second-order valence-electron chi connectivity index (χ2n) is 3.63. The van der Waals surface area contributed by atoms with E-state index in [0.717, 1.165) is 19.0 Å². The van der Waals surface area contributed by atoms with Crippen molar-refractivity contribution in [1.29, 1.82) is 0 Å². The third-order valence-corrected chi connectivity index (χ3v) is 2.28. The molecular formula is C10H11F3N2O. The number of halogens is 3. The first-order valence-electron chi connectivity index (χ1n) is 4.92. The maximum Gasteiger partial charge on any atom is 0.420 e. The molecule has 1 aliphatic rings. The molecule has 2 rings (SSSR count). The molecule has 1 aromatic rings. The summed E-state index contributed by atoms with van der Waals surface area (Å²) in [4.78, 5) is 3.56. The Balaban J connectivity index is 2.37. The van der Waals surface area contributed by atoms with Crippen molar-refractivity contribution in [3.8, 4) is 5.75 Å². The van der Waals surface area contributed by atoms with E-state index in [4.69, 9.17) is 4.74 Å². The summed E-state index contributed by atoms with van der Waals surface area (Å²) in [5, 5.41) is 2.52. The number of rotatable bonds is 3. The summed E-state index contributed by atoms with van der Waals surface area (Å²) >= 11 is 0. The van der Waals surface area contributed by atoms with Crippen LogP contribution in [-0.2, 0) is 6.18 Å². The first-order chi connectivity index (χ1) is 7.52. The maximum atomic E-state index is 12.6. The van der Waals surface area contributed by atoms with Crippen molar-refractivity contribution in [2.24, 2.45) is 0 Å². The second kappa shape index (κ2) is 3.84. The highest BCUT2D eigenvalue weighted by Gasteiger charge is 2.36. The zero-order valence-electron chi connectivity index (χ0n) is 8.64. The van der Waals surface area contributed by atoms with Gasteiger partial charge in [0.1, 0.15) is 5.56 Å². The molecule has 0 radical (unpaired) electrons. The van der Waals surface area contributed by atoms with E-state index in [-0.39, 0.29) is 17.5 Å². The fraction of sp³-hybridized carbons (Fsp3) is 0.500. The van der Waals surface area contributed by atoms with Crippen LogP contribution in [0.1, 0.15) is 18.4 Å². The van der Waals surface area contributed by atoms with Crippen LogP contribution in [0, 0.1) is 0 Å². The number of nitrogens with one attached hydrogen (secondary N) is 1. The normalized spacial score (nSPS) is 16.0. The fourth-order valence-corrected chi connectivity index (χ4v) is 1.37. The molecule has 0 unspecified atom stereocenters. The summed E-state index contributed by atoms with van der Waals surface area (Å²) in [5.74, 6) is 0.167. The Labute approximate surface area is 90.6 Å². The summed E-state index contributed by atoms with van der Waals surface area (Å²) < 4.78 is 43.3. The average molecular weight is 232 g/mol. The minimum absolute atomic E-state index is 0.0392. The van der Waals surface area contributed by atoms with Gasteiger partial charge in [-0.25, -0.2) is 0 Å². The number of alkyl halides is 3. The van der Waals surface area contributed by atoms with E-state index >= 15 is 0 Å². The smallest absolute Gasteiger partial charge is 0.420 e. The van der Waals surface area contributed by atoms with E-state index in [9.17, 15) is 13.2 Å². The van der Waals surface area contributed by atoms with Gasteiger partial charge in [0.25, 0.3) is 0 Å². The Morgan fingerprint density at radius 3 is 2.56 bits per heavy atom. The number of nitrogens with zero attached hydrogens (tertiary/aromatic N) is 1. The highest BCUT2D eigenvalue weighted by atomic mass is 19.4. The average Bonchev–Trinajstić information content (AvgIpc) is 3.00. The van der Waals surface area contributed by atoms with E-state index < -0.39 is 11.7 Å². The largest absolute Gasteiger partial charge is 0.487 e. The molecule has 3 nitrogen and oxygen atoms in total. The molecule has 1 N–H and O–H groups in total. The molecule has 0 saturated heterocycles. The highest BCUT2D eigenvalue weighted by molar-refractivity contribution is 5.61. The quantitative estimate of drug-likeness (QED) is 0.869. The molecule has 0 aliphatic heterocycles. The van der Waals surface area contributed by atoms with Gasteiger partial charge < -0.3 is 10.1 Å². The Bertz CT molecular complexity index is 388. The van der Waals surface area contributed by atoms with E-state index in [1.807, 2.05) is 0 Å². The van der Waals surface area contributed by atoms with Crippen molar-refractivity contribution >= 4 is 5.69 Å². The number of aromatic nitrogens is 1. The second-order valence-corrected chi connectivity index (χ2v) is 3.63. The molecule has 16 heavy (non-hydrogen) atoms. The molecule has 0 spiro atoms. The topological polar surface area (TPSA) is 34.1 Å². The van der Waals surface area contributed by atoms with Gasteiger partial charge in [-0.2, -0.15) is 13.2 Å². The Hall–Kier alpha value is -1.46. The van der Waals surface area contributed by atoms with Gasteiger partial charge in [0.15, 0.2) is 5.75 Å². The molecular weight excluding hydrogens is 221 g/mol. The SMILES string of the molecule is CNc1c(OC2CC2)cncc1C(F)(F)F. The molecule has 0 amide bonds. The Kier molecular flexibility index (Phi) is 2.65. The van der Waals surface area contributed by atoms with Crippen LogP contribution in [-0.4, -0.2) is 18.1 Å². The number of pyridine rings is 1. The van der Waals surface area contributed by atoms with Crippen LogP contribution >= 0.6 is 0 Å². The fourth-order valence-electron chi connectivity index (χ4n) is 1.37. The van der Waals surface area contributed by atoms with Crippen LogP contribution in [0.5, 0.6) is 5.75 Å². The minimum atomic E-state index is -4.42. The maximum absolute atomic E-state index is 12.6. The monoisotopic (exact) mass is 232 g/mol. The van der Waals surface area contributed by atoms with Crippen molar-refractivity contribution in [1.82, 2.24) is 4.98 Å². The van der Waals surface area contributed by atoms with Gasteiger partial charge in [-0.3, -0.25) is 4.98 Å². The van der Waals surface area contributed by atoms with Crippen molar-refractivity contribution in [3.63, 3.8) is 0 Å². The molecule has 1 fully saturated rings. The lowest BCUT2D eigenvalue weighted by Crippen LogP contribution is -2.11. The summed E-state index contributed by atoms with van der Waals surface area (Å²) in [6.07, 6.45) is -0.504. The van der Waals surface area contributed by atoms with Crippen molar-refractivity contribution < 1.29 is 17.9 Å². The third kappa shape index (κ3) is 2.20. The van der Waals surface area contributed by atoms with Gasteiger partial charge in [-0.15, -0.1) is 0 Å². The Morgan fingerprint density at radius 2 is 2.06 bits per heavy atom. The lowest BCUT2D eigenvalue weighted by Gasteiger charge is -2.15. The van der Waals surface area contributed by atoms with Crippen molar-refractivity contribution in [2.45, 2.75) is 25.1 Å². The van der Waals surface area contributed by atoms with Crippen LogP contribution in [0.2, 0.25) is 0 Å². The zero-order chi connectivity index (χ0) is 11.8. The molecule has 1 heterocycles. The molecule has 0 aromatic carbocycles. The van der Waals surface area contributed by atoms with Crippen molar-refractivity contribution in [3.05, 3.63) is 18.0 Å². The molecule has 6 heteroatoms. The van der Waals surface area contributed by atoms with E-state index in [1.54, 1.807) is 0 Å². The van der Waals surface area contributed by atoms with Gasteiger partial charge in [-0.05, 0) is 12.8 Å². The van der Waals surface area contributed by atoms with Gasteiger partial charge >= 0.3 is 6.18 Å². The van der Waals surface area contributed by atoms with E-state index in [1.165, 1.54) is 13.2 Å². The molecule has 1 saturated carbocycles. The predicted molar refractivity (Wildman–Crippen MR) is 52.4 cm³/mol. The summed E-state index contributed by atoms with van der Waals surface area (Å²) in [6.45, 7) is 0. The van der Waals surface area contributed by atoms with Gasteiger partial charge in [0, 0.05) is 13.2 Å². The van der Waals surface area contributed by atoms with Gasteiger partial charge in [0.05, 0.1) is 18.0 Å². The first kappa shape index (κ1) is 11.0. The summed E-state index contributed by atoms with van der Waals surface area (Å²) in [7, 11) is 1.43. The highest BCUT2D eigenvalue weighted by Crippen LogP contribution is 2.40. The van der Waals surface area contributed by atoms with Crippen molar-refractivity contribution in [2.75, 3.05) is 12.4 Å². The lowest BCUT2D eigenvalue weighted by atomic mass is 10.2. The molecule has 0 bridgehead atoms. The predicted octanol–water partition coefficient (Wildman–Crippen LogP) is 2.68. The van der Waals surface area contributed by atoms with Crippen LogP contribution in [0.25, 0.3) is 0 Å². The molecule has 1 aliphatic carbocycles. The first-order valence-corrected chi connectivity index (χ1v) is 4.92. The molecule has 88 valence electrons. The van der Waals surface area contributed by atoms with Gasteiger partial charge in [-0.1, -0.05) is 0 Å². The summed E-state index contributed by atoms with van der Waals surface area (Å²) in [5.41, 5.74) is -0.845. The standard InChI is InChI=1S/C10H11F3N2O/c1-14-9-7(10(11,12)13)4-15-5-8(9)16-6-2-3-6/h4-6H,2-3H2,1H3,(H,14,15). The van der Waals surface area contributed by atoms with Crippen LogP contribution in [0.3, 0.4) is 0 Å². The van der Waals surface area contributed by atoms with E-state index in [2.05, 4.69) is 10.3 Å². The third-order valence-electron chi connectivity index (χ3n) is 2.28. The lowest BCUT2D eigenvalue weighted by molar-refractivity contribution is -0.137. The van der Waals surface area contributed by atoms with Crippen LogP contribution in [0.15, 0.2) is 12.4 Å².